The molecule has 2 N–H and O–H groups in total. The van der Waals surface area contributed by atoms with Crippen LogP contribution in [0.5, 0.6) is 5.75 Å². The van der Waals surface area contributed by atoms with Gasteiger partial charge < -0.3 is 15.2 Å². The third-order valence-electron chi connectivity index (χ3n) is 5.12. The van der Waals surface area contributed by atoms with Gasteiger partial charge in [-0.05, 0) is 42.7 Å². The van der Waals surface area contributed by atoms with Gasteiger partial charge in [-0.1, -0.05) is 12.1 Å². The third kappa shape index (κ3) is 5.09. The average Bonchev–Trinajstić information content (AvgIpc) is 3.14. The van der Waals surface area contributed by atoms with E-state index < -0.39 is 12.8 Å². The fraction of sp³-hybridized carbons (Fsp3) is 0.429. The van der Waals surface area contributed by atoms with Crippen LogP contribution >= 0.6 is 0 Å². The van der Waals surface area contributed by atoms with Crippen molar-refractivity contribution in [3.8, 4) is 5.75 Å². The van der Waals surface area contributed by atoms with Crippen LogP contribution in [0.2, 0.25) is 0 Å². The fourth-order valence-corrected chi connectivity index (χ4v) is 3.52. The molecule has 1 aromatic heterocycles. The van der Waals surface area contributed by atoms with Gasteiger partial charge in [0.1, 0.15) is 11.4 Å². The van der Waals surface area contributed by atoms with Gasteiger partial charge in [-0.15, -0.1) is 0 Å². The second-order valence-corrected chi connectivity index (χ2v) is 7.29. The Morgan fingerprint density at radius 2 is 2.10 bits per heavy atom. The molecule has 2 aromatic rings. The maximum Gasteiger partial charge on any atom is 0.422 e. The third-order valence-corrected chi connectivity index (χ3v) is 5.12. The van der Waals surface area contributed by atoms with E-state index in [1.807, 2.05) is 19.1 Å². The van der Waals surface area contributed by atoms with E-state index in [1.165, 1.54) is 0 Å². The summed E-state index contributed by atoms with van der Waals surface area (Å²) in [5.41, 5.74) is 3.78. The standard InChI is InChI=1S/C21H24F3N3O3/c1-13-9-15(3-4-18(13)30-12-21(22,23)24)14(2)27-10-16-5-6-25-19(17(16)11-27)20(29)26-7-8-28/h3-6,9,14,28H,7-8,10-12H2,1-2H3,(H,26,29). The molecule has 1 amide bonds. The molecule has 0 fully saturated rings. The van der Waals surface area contributed by atoms with Crippen molar-refractivity contribution in [1.29, 1.82) is 0 Å². The van der Waals surface area contributed by atoms with Crippen LogP contribution in [0.15, 0.2) is 30.5 Å². The van der Waals surface area contributed by atoms with Gasteiger partial charge in [-0.3, -0.25) is 14.7 Å². The van der Waals surface area contributed by atoms with Crippen molar-refractivity contribution in [2.45, 2.75) is 39.2 Å². The van der Waals surface area contributed by atoms with Crippen LogP contribution in [0.25, 0.3) is 0 Å². The van der Waals surface area contributed by atoms with Crippen LogP contribution in [-0.4, -0.2) is 46.8 Å². The van der Waals surface area contributed by atoms with Crippen molar-refractivity contribution >= 4 is 5.91 Å². The number of alkyl halides is 3. The summed E-state index contributed by atoms with van der Waals surface area (Å²) in [6.07, 6.45) is -2.78. The second kappa shape index (κ2) is 9.01. The summed E-state index contributed by atoms with van der Waals surface area (Å²) >= 11 is 0. The summed E-state index contributed by atoms with van der Waals surface area (Å²) in [5.74, 6) is -0.113. The quantitative estimate of drug-likeness (QED) is 0.716. The molecule has 9 heteroatoms. The minimum absolute atomic E-state index is 0.0267. The topological polar surface area (TPSA) is 74.7 Å². The molecule has 0 aliphatic carbocycles. The molecule has 1 unspecified atom stereocenters. The zero-order chi connectivity index (χ0) is 21.9. The van der Waals surface area contributed by atoms with E-state index in [9.17, 15) is 18.0 Å². The van der Waals surface area contributed by atoms with Crippen LogP contribution in [-0.2, 0) is 13.1 Å². The SMILES string of the molecule is Cc1cc(C(C)N2Cc3ccnc(C(=O)NCCO)c3C2)ccc1OCC(F)(F)F. The number of aliphatic hydroxyl groups is 1. The van der Waals surface area contributed by atoms with E-state index in [1.54, 1.807) is 25.3 Å². The Bertz CT molecular complexity index is 918. The van der Waals surface area contributed by atoms with Crippen molar-refractivity contribution in [2.24, 2.45) is 0 Å². The lowest BCUT2D eigenvalue weighted by atomic mass is 10.0. The molecule has 1 aliphatic heterocycles. The normalized spacial score (nSPS) is 15.0. The predicted octanol–water partition coefficient (Wildman–Crippen LogP) is 3.13. The molecule has 0 bridgehead atoms. The van der Waals surface area contributed by atoms with E-state index in [-0.39, 0.29) is 30.9 Å². The lowest BCUT2D eigenvalue weighted by Crippen LogP contribution is -2.28. The number of nitrogens with zero attached hydrogens (tertiary/aromatic N) is 2. The molecule has 30 heavy (non-hydrogen) atoms. The number of carbonyl (C=O) groups excluding carboxylic acids is 1. The summed E-state index contributed by atoms with van der Waals surface area (Å²) in [5, 5.41) is 11.5. The molecule has 6 nitrogen and oxygen atoms in total. The smallest absolute Gasteiger partial charge is 0.422 e. The molecule has 2 heterocycles. The zero-order valence-corrected chi connectivity index (χ0v) is 16.8. The number of rotatable bonds is 7. The largest absolute Gasteiger partial charge is 0.484 e. The number of carbonyl (C=O) groups is 1. The maximum absolute atomic E-state index is 12.4. The molecule has 162 valence electrons. The number of amides is 1. The Hall–Kier alpha value is -2.65. The number of pyridine rings is 1. The molecule has 1 aromatic carbocycles. The molecule has 0 saturated heterocycles. The van der Waals surface area contributed by atoms with Crippen molar-refractivity contribution in [3.63, 3.8) is 0 Å². The summed E-state index contributed by atoms with van der Waals surface area (Å²) in [4.78, 5) is 18.7. The van der Waals surface area contributed by atoms with Crippen molar-refractivity contribution in [1.82, 2.24) is 15.2 Å². The predicted molar refractivity (Wildman–Crippen MR) is 104 cm³/mol. The first-order valence-corrected chi connectivity index (χ1v) is 9.59. The molecule has 1 aliphatic rings. The number of aliphatic hydroxyl groups excluding tert-OH is 1. The Balaban J connectivity index is 1.73. The monoisotopic (exact) mass is 423 g/mol. The van der Waals surface area contributed by atoms with Gasteiger partial charge in [0.25, 0.3) is 5.91 Å². The van der Waals surface area contributed by atoms with Gasteiger partial charge in [-0.2, -0.15) is 13.2 Å². The number of aryl methyl sites for hydroxylation is 1. The number of aromatic nitrogens is 1. The first-order valence-electron chi connectivity index (χ1n) is 9.59. The molecule has 3 rings (SSSR count). The Morgan fingerprint density at radius 1 is 1.33 bits per heavy atom. The summed E-state index contributed by atoms with van der Waals surface area (Å²) < 4.78 is 42.1. The van der Waals surface area contributed by atoms with Crippen LogP contribution in [0, 0.1) is 6.92 Å². The van der Waals surface area contributed by atoms with Gasteiger partial charge in [0.05, 0.1) is 6.61 Å². The summed E-state index contributed by atoms with van der Waals surface area (Å²) in [6.45, 7) is 3.57. The highest BCUT2D eigenvalue weighted by molar-refractivity contribution is 5.94. The highest BCUT2D eigenvalue weighted by Crippen LogP contribution is 2.34. The van der Waals surface area contributed by atoms with Gasteiger partial charge in [-0.25, -0.2) is 0 Å². The minimum atomic E-state index is -4.38. The molecule has 0 saturated carbocycles. The van der Waals surface area contributed by atoms with Crippen molar-refractivity contribution in [2.75, 3.05) is 19.8 Å². The van der Waals surface area contributed by atoms with Gasteiger partial charge in [0.2, 0.25) is 0 Å². The number of halogens is 3. The van der Waals surface area contributed by atoms with Crippen LogP contribution in [0.1, 0.15) is 45.7 Å². The van der Waals surface area contributed by atoms with E-state index in [0.29, 0.717) is 24.3 Å². The summed E-state index contributed by atoms with van der Waals surface area (Å²) in [6, 6.07) is 7.00. The Kier molecular flexibility index (Phi) is 6.62. The number of nitrogens with one attached hydrogen (secondary N) is 1. The second-order valence-electron chi connectivity index (χ2n) is 7.29. The van der Waals surface area contributed by atoms with E-state index in [4.69, 9.17) is 9.84 Å². The summed E-state index contributed by atoms with van der Waals surface area (Å²) in [7, 11) is 0. The van der Waals surface area contributed by atoms with Gasteiger partial charge in [0.15, 0.2) is 6.61 Å². The number of benzene rings is 1. The molecule has 0 spiro atoms. The first-order chi connectivity index (χ1) is 14.2. The zero-order valence-electron chi connectivity index (χ0n) is 16.8. The number of ether oxygens (including phenoxy) is 1. The number of hydrogen-bond acceptors (Lipinski definition) is 5. The number of fused-ring (bicyclic) bond motifs is 1. The number of hydrogen-bond donors (Lipinski definition) is 2. The van der Waals surface area contributed by atoms with E-state index >= 15 is 0 Å². The van der Waals surface area contributed by atoms with E-state index in [0.717, 1.165) is 16.7 Å². The lowest BCUT2D eigenvalue weighted by Gasteiger charge is -2.25. The fourth-order valence-electron chi connectivity index (χ4n) is 3.52. The Labute approximate surface area is 172 Å². The van der Waals surface area contributed by atoms with Gasteiger partial charge in [0, 0.05) is 37.4 Å². The van der Waals surface area contributed by atoms with Crippen molar-refractivity contribution < 1.29 is 27.8 Å². The highest BCUT2D eigenvalue weighted by atomic mass is 19.4. The van der Waals surface area contributed by atoms with Crippen LogP contribution < -0.4 is 10.1 Å². The van der Waals surface area contributed by atoms with Crippen LogP contribution in [0.4, 0.5) is 13.2 Å². The first kappa shape index (κ1) is 22.0. The highest BCUT2D eigenvalue weighted by Gasteiger charge is 2.30. The minimum Gasteiger partial charge on any atom is -0.484 e. The molecular formula is C21H24F3N3O3. The van der Waals surface area contributed by atoms with Gasteiger partial charge >= 0.3 is 6.18 Å². The van der Waals surface area contributed by atoms with Crippen molar-refractivity contribution in [3.05, 3.63) is 58.4 Å². The lowest BCUT2D eigenvalue weighted by molar-refractivity contribution is -0.153. The molecular weight excluding hydrogens is 399 g/mol. The van der Waals surface area contributed by atoms with Crippen LogP contribution in [0.3, 0.4) is 0 Å². The average molecular weight is 423 g/mol. The van der Waals surface area contributed by atoms with E-state index in [2.05, 4.69) is 15.2 Å². The molecule has 0 radical (unpaired) electrons. The maximum atomic E-state index is 12.4. The molecule has 1 atom stereocenters. The Morgan fingerprint density at radius 3 is 2.77 bits per heavy atom.